The smallest absolute Gasteiger partial charge is 0.251 e. The minimum atomic E-state index is -0.408. The van der Waals surface area contributed by atoms with Gasteiger partial charge >= 0.3 is 0 Å². The molecule has 3 heterocycles. The maximum atomic E-state index is 12.6. The van der Waals surface area contributed by atoms with Crippen LogP contribution in [-0.4, -0.2) is 52.1 Å². The number of ether oxygens (including phenoxy) is 1. The fraction of sp³-hybridized carbons (Fsp3) is 0.778. The van der Waals surface area contributed by atoms with E-state index in [0.29, 0.717) is 18.5 Å². The van der Waals surface area contributed by atoms with Crippen LogP contribution in [0.4, 0.5) is 0 Å². The molecule has 1 aromatic rings. The first-order chi connectivity index (χ1) is 11.6. The number of amides is 1. The molecule has 1 unspecified atom stereocenters. The number of hydrogen-bond acceptors (Lipinski definition) is 4. The molecule has 0 aromatic carbocycles. The maximum Gasteiger partial charge on any atom is 0.251 e. The Morgan fingerprint density at radius 2 is 2.17 bits per heavy atom. The van der Waals surface area contributed by atoms with E-state index in [4.69, 9.17) is 4.74 Å². The van der Waals surface area contributed by atoms with Gasteiger partial charge in [0.15, 0.2) is 6.10 Å². The Labute approximate surface area is 143 Å². The van der Waals surface area contributed by atoms with Crippen LogP contribution in [0.1, 0.15) is 45.4 Å². The van der Waals surface area contributed by atoms with E-state index in [9.17, 15) is 4.79 Å². The van der Waals surface area contributed by atoms with Gasteiger partial charge in [0.2, 0.25) is 0 Å². The minimum absolute atomic E-state index is 0.0342. The van der Waals surface area contributed by atoms with Crippen LogP contribution in [-0.2, 0) is 21.7 Å². The fourth-order valence-corrected chi connectivity index (χ4v) is 3.96. The molecule has 1 amide bonds. The Hall–Kier alpha value is -1.40. The number of imidazole rings is 1. The second-order valence-electron chi connectivity index (χ2n) is 7.82. The Morgan fingerprint density at radius 1 is 1.42 bits per heavy atom. The van der Waals surface area contributed by atoms with Crippen LogP contribution >= 0.6 is 0 Å². The largest absolute Gasteiger partial charge is 0.354 e. The summed E-state index contributed by atoms with van der Waals surface area (Å²) in [7, 11) is 0. The number of piperidine rings is 1. The molecule has 1 saturated heterocycles. The highest BCUT2D eigenvalue weighted by molar-refractivity contribution is 5.81. The summed E-state index contributed by atoms with van der Waals surface area (Å²) < 4.78 is 8.54. The Morgan fingerprint density at radius 3 is 2.83 bits per heavy atom. The zero-order valence-corrected chi connectivity index (χ0v) is 14.7. The third kappa shape index (κ3) is 2.97. The first kappa shape index (κ1) is 16.1. The highest BCUT2D eigenvalue weighted by Crippen LogP contribution is 2.40. The van der Waals surface area contributed by atoms with Gasteiger partial charge in [-0.1, -0.05) is 0 Å². The van der Waals surface area contributed by atoms with Gasteiger partial charge in [-0.3, -0.25) is 4.79 Å². The summed E-state index contributed by atoms with van der Waals surface area (Å²) in [4.78, 5) is 19.6. The van der Waals surface area contributed by atoms with Crippen molar-refractivity contribution in [3.63, 3.8) is 0 Å². The molecular formula is C18H28N4O2. The predicted octanol–water partition coefficient (Wildman–Crippen LogP) is 1.51. The van der Waals surface area contributed by atoms with Crippen LogP contribution in [0.2, 0.25) is 0 Å². The van der Waals surface area contributed by atoms with Gasteiger partial charge in [0.1, 0.15) is 11.4 Å². The SMILES string of the molecule is CC(C)N1CCC2(CC1)OC(C(=O)NCC1CC1)Cn1ccnc12. The molecule has 2 fully saturated rings. The summed E-state index contributed by atoms with van der Waals surface area (Å²) >= 11 is 0. The van der Waals surface area contributed by atoms with Crippen LogP contribution in [0.3, 0.4) is 0 Å². The lowest BCUT2D eigenvalue weighted by Gasteiger charge is -2.46. The number of likely N-dealkylation sites (tertiary alicyclic amines) is 1. The van der Waals surface area contributed by atoms with Gasteiger partial charge in [0.05, 0.1) is 6.54 Å². The highest BCUT2D eigenvalue weighted by atomic mass is 16.5. The molecule has 24 heavy (non-hydrogen) atoms. The van der Waals surface area contributed by atoms with Crippen molar-refractivity contribution in [2.75, 3.05) is 19.6 Å². The Kier molecular flexibility index (Phi) is 4.12. The van der Waals surface area contributed by atoms with Crippen molar-refractivity contribution in [3.8, 4) is 0 Å². The first-order valence-electron chi connectivity index (χ1n) is 9.28. The normalized spacial score (nSPS) is 26.5. The number of rotatable bonds is 4. The standard InChI is InChI=1S/C18H28N4O2/c1-13(2)21-8-5-18(6-9-21)17-19-7-10-22(17)12-15(24-18)16(23)20-11-14-3-4-14/h7,10,13-15H,3-6,8-9,11-12H2,1-2H3,(H,20,23). The van der Waals surface area contributed by atoms with Crippen molar-refractivity contribution in [2.24, 2.45) is 5.92 Å². The van der Waals surface area contributed by atoms with Crippen molar-refractivity contribution < 1.29 is 9.53 Å². The van der Waals surface area contributed by atoms with Crippen LogP contribution < -0.4 is 5.32 Å². The number of nitrogens with zero attached hydrogens (tertiary/aromatic N) is 3. The van der Waals surface area contributed by atoms with E-state index < -0.39 is 11.7 Å². The lowest BCUT2D eigenvalue weighted by atomic mass is 9.88. The Bertz CT molecular complexity index is 600. The molecule has 1 aliphatic carbocycles. The van der Waals surface area contributed by atoms with E-state index in [-0.39, 0.29) is 5.91 Å². The molecule has 1 N–H and O–H groups in total. The van der Waals surface area contributed by atoms with E-state index in [1.165, 1.54) is 12.8 Å². The summed E-state index contributed by atoms with van der Waals surface area (Å²) in [5.41, 5.74) is -0.408. The molecule has 4 rings (SSSR count). The molecule has 1 aromatic heterocycles. The molecular weight excluding hydrogens is 304 g/mol. The van der Waals surface area contributed by atoms with E-state index in [1.54, 1.807) is 0 Å². The third-order valence-electron chi connectivity index (χ3n) is 5.74. The van der Waals surface area contributed by atoms with Gasteiger partial charge in [0, 0.05) is 38.1 Å². The average molecular weight is 332 g/mol. The zero-order chi connectivity index (χ0) is 16.7. The summed E-state index contributed by atoms with van der Waals surface area (Å²) in [6.45, 7) is 7.80. The first-order valence-corrected chi connectivity index (χ1v) is 9.28. The molecule has 2 aliphatic heterocycles. The lowest BCUT2D eigenvalue weighted by molar-refractivity contribution is -0.174. The molecule has 132 valence electrons. The van der Waals surface area contributed by atoms with Crippen molar-refractivity contribution in [1.82, 2.24) is 19.8 Å². The van der Waals surface area contributed by atoms with Gasteiger partial charge in [-0.15, -0.1) is 0 Å². The van der Waals surface area contributed by atoms with Crippen LogP contribution in [0.5, 0.6) is 0 Å². The number of carbonyl (C=O) groups is 1. The second kappa shape index (κ2) is 6.15. The molecule has 0 radical (unpaired) electrons. The van der Waals surface area contributed by atoms with Gasteiger partial charge in [-0.2, -0.15) is 0 Å². The highest BCUT2D eigenvalue weighted by Gasteiger charge is 2.47. The quantitative estimate of drug-likeness (QED) is 0.908. The van der Waals surface area contributed by atoms with Gasteiger partial charge < -0.3 is 19.5 Å². The van der Waals surface area contributed by atoms with Crippen molar-refractivity contribution in [1.29, 1.82) is 0 Å². The van der Waals surface area contributed by atoms with Crippen molar-refractivity contribution in [3.05, 3.63) is 18.2 Å². The van der Waals surface area contributed by atoms with E-state index >= 15 is 0 Å². The van der Waals surface area contributed by atoms with Gasteiger partial charge in [-0.05, 0) is 45.4 Å². The summed E-state index contributed by atoms with van der Waals surface area (Å²) in [6.07, 6.45) is 7.69. The minimum Gasteiger partial charge on any atom is -0.354 e. The second-order valence-corrected chi connectivity index (χ2v) is 7.82. The number of aromatic nitrogens is 2. The van der Waals surface area contributed by atoms with E-state index in [0.717, 1.165) is 38.3 Å². The van der Waals surface area contributed by atoms with Crippen LogP contribution in [0.15, 0.2) is 12.4 Å². The molecule has 1 spiro atoms. The number of nitrogens with one attached hydrogen (secondary N) is 1. The zero-order valence-electron chi connectivity index (χ0n) is 14.7. The monoisotopic (exact) mass is 332 g/mol. The molecule has 1 atom stereocenters. The summed E-state index contributed by atoms with van der Waals surface area (Å²) in [5, 5.41) is 3.08. The lowest BCUT2D eigenvalue weighted by Crippen LogP contribution is -2.54. The molecule has 3 aliphatic rings. The topological polar surface area (TPSA) is 59.4 Å². The predicted molar refractivity (Wildman–Crippen MR) is 90.5 cm³/mol. The van der Waals surface area contributed by atoms with Crippen molar-refractivity contribution in [2.45, 2.75) is 63.8 Å². The Balaban J connectivity index is 1.50. The maximum absolute atomic E-state index is 12.6. The van der Waals surface area contributed by atoms with Crippen molar-refractivity contribution >= 4 is 5.91 Å². The van der Waals surface area contributed by atoms with Gasteiger partial charge in [0.25, 0.3) is 5.91 Å². The van der Waals surface area contributed by atoms with E-state index in [2.05, 4.69) is 33.6 Å². The summed E-state index contributed by atoms with van der Waals surface area (Å²) in [5.74, 6) is 1.72. The molecule has 1 saturated carbocycles. The average Bonchev–Trinajstić information content (AvgIpc) is 3.28. The molecule has 6 nitrogen and oxygen atoms in total. The third-order valence-corrected chi connectivity index (χ3v) is 5.74. The van der Waals surface area contributed by atoms with E-state index in [1.807, 2.05) is 12.4 Å². The number of fused-ring (bicyclic) bond motifs is 2. The van der Waals surface area contributed by atoms with Crippen LogP contribution in [0.25, 0.3) is 0 Å². The van der Waals surface area contributed by atoms with Crippen LogP contribution in [0, 0.1) is 5.92 Å². The number of carbonyl (C=O) groups excluding carboxylic acids is 1. The number of hydrogen-bond donors (Lipinski definition) is 1. The molecule has 0 bridgehead atoms. The van der Waals surface area contributed by atoms with Gasteiger partial charge in [-0.25, -0.2) is 4.98 Å². The fourth-order valence-electron chi connectivity index (χ4n) is 3.96. The molecule has 6 heteroatoms. The summed E-state index contributed by atoms with van der Waals surface area (Å²) in [6, 6.07) is 0.545.